The van der Waals surface area contributed by atoms with Gasteiger partial charge >= 0.3 is 0 Å². The van der Waals surface area contributed by atoms with E-state index in [1.54, 1.807) is 0 Å². The summed E-state index contributed by atoms with van der Waals surface area (Å²) in [6, 6.07) is 0. The second-order valence-electron chi connectivity index (χ2n) is 4.98. The molecular weight excluding hydrogens is 188 g/mol. The Labute approximate surface area is 93.7 Å². The Balaban J connectivity index is 2.63. The van der Waals surface area contributed by atoms with Gasteiger partial charge in [0.2, 0.25) is 0 Å². The molecule has 1 aliphatic carbocycles. The lowest BCUT2D eigenvalue weighted by Gasteiger charge is -2.41. The van der Waals surface area contributed by atoms with Crippen LogP contribution in [0.2, 0.25) is 0 Å². The Morgan fingerprint density at radius 3 is 2.27 bits per heavy atom. The molecule has 0 heterocycles. The van der Waals surface area contributed by atoms with Crippen molar-refractivity contribution in [2.45, 2.75) is 76.9 Å². The van der Waals surface area contributed by atoms with Crippen molar-refractivity contribution in [3.05, 3.63) is 0 Å². The molecule has 90 valence electrons. The van der Waals surface area contributed by atoms with Crippen LogP contribution in [0, 0.1) is 5.92 Å². The van der Waals surface area contributed by atoms with E-state index < -0.39 is 11.7 Å². The molecule has 2 atom stereocenters. The number of hydrogen-bond donors (Lipinski definition) is 2. The minimum absolute atomic E-state index is 0.317. The normalized spacial score (nSPS) is 24.8. The number of hydrogen-bond acceptors (Lipinski definition) is 2. The van der Waals surface area contributed by atoms with Crippen LogP contribution in [0.15, 0.2) is 0 Å². The van der Waals surface area contributed by atoms with Gasteiger partial charge < -0.3 is 10.2 Å². The van der Waals surface area contributed by atoms with Crippen LogP contribution in [0.1, 0.15) is 65.2 Å². The van der Waals surface area contributed by atoms with E-state index in [0.29, 0.717) is 12.3 Å². The Kier molecular flexibility index (Phi) is 5.07. The molecule has 0 saturated heterocycles. The van der Waals surface area contributed by atoms with Crippen LogP contribution < -0.4 is 0 Å². The highest BCUT2D eigenvalue weighted by Gasteiger charge is 2.41. The van der Waals surface area contributed by atoms with Crippen molar-refractivity contribution in [1.29, 1.82) is 0 Å². The summed E-state index contributed by atoms with van der Waals surface area (Å²) in [6.07, 6.45) is 7.71. The third-order valence-electron chi connectivity index (χ3n) is 4.02. The van der Waals surface area contributed by atoms with Crippen molar-refractivity contribution in [1.82, 2.24) is 0 Å². The van der Waals surface area contributed by atoms with Gasteiger partial charge in [-0.2, -0.15) is 0 Å². The van der Waals surface area contributed by atoms with Gasteiger partial charge in [0.1, 0.15) is 0 Å². The van der Waals surface area contributed by atoms with E-state index in [0.717, 1.165) is 25.7 Å². The molecule has 15 heavy (non-hydrogen) atoms. The summed E-state index contributed by atoms with van der Waals surface area (Å²) in [7, 11) is 0. The summed E-state index contributed by atoms with van der Waals surface area (Å²) in [5, 5.41) is 20.7. The first-order valence-corrected chi connectivity index (χ1v) is 6.55. The first-order chi connectivity index (χ1) is 7.15. The van der Waals surface area contributed by atoms with Gasteiger partial charge in [-0.1, -0.05) is 39.5 Å². The Bertz CT molecular complexity index is 175. The highest BCUT2D eigenvalue weighted by molar-refractivity contribution is 4.92. The lowest BCUT2D eigenvalue weighted by atomic mass is 9.72. The van der Waals surface area contributed by atoms with Crippen LogP contribution in [0.25, 0.3) is 0 Å². The Hall–Kier alpha value is -0.0800. The Morgan fingerprint density at radius 1 is 1.20 bits per heavy atom. The maximum absolute atomic E-state index is 10.6. The summed E-state index contributed by atoms with van der Waals surface area (Å²) in [6.45, 7) is 4.05. The quantitative estimate of drug-likeness (QED) is 0.739. The molecule has 1 aliphatic rings. The summed E-state index contributed by atoms with van der Waals surface area (Å²) in [4.78, 5) is 0. The van der Waals surface area contributed by atoms with E-state index >= 15 is 0 Å². The summed E-state index contributed by atoms with van der Waals surface area (Å²) in [5.74, 6) is 0.317. The van der Waals surface area contributed by atoms with E-state index in [2.05, 4.69) is 6.92 Å². The zero-order valence-electron chi connectivity index (χ0n) is 10.2. The lowest BCUT2D eigenvalue weighted by molar-refractivity contribution is -0.127. The average Bonchev–Trinajstić information content (AvgIpc) is 2.29. The second kappa shape index (κ2) is 5.86. The van der Waals surface area contributed by atoms with E-state index in [9.17, 15) is 10.2 Å². The number of rotatable bonds is 5. The maximum atomic E-state index is 10.6. The van der Waals surface area contributed by atoms with Gasteiger partial charge in [-0.15, -0.1) is 0 Å². The smallest absolute Gasteiger partial charge is 0.0930 e. The molecule has 0 aromatic carbocycles. The molecule has 0 aromatic rings. The fourth-order valence-corrected chi connectivity index (χ4v) is 2.92. The number of aliphatic hydroxyl groups excluding tert-OH is 1. The van der Waals surface area contributed by atoms with Crippen molar-refractivity contribution >= 4 is 0 Å². The third kappa shape index (κ3) is 2.94. The van der Waals surface area contributed by atoms with E-state index in [4.69, 9.17) is 0 Å². The lowest BCUT2D eigenvalue weighted by Crippen LogP contribution is -2.49. The average molecular weight is 214 g/mol. The van der Waals surface area contributed by atoms with Crippen molar-refractivity contribution in [3.63, 3.8) is 0 Å². The molecule has 0 aromatic heterocycles. The zero-order chi connectivity index (χ0) is 11.3. The van der Waals surface area contributed by atoms with Crippen molar-refractivity contribution in [2.75, 3.05) is 0 Å². The molecular formula is C13H26O2. The van der Waals surface area contributed by atoms with Crippen LogP contribution in [-0.4, -0.2) is 21.9 Å². The predicted molar refractivity (Wildman–Crippen MR) is 62.7 cm³/mol. The Morgan fingerprint density at radius 2 is 1.80 bits per heavy atom. The minimum Gasteiger partial charge on any atom is -0.390 e. The minimum atomic E-state index is -0.823. The van der Waals surface area contributed by atoms with Gasteiger partial charge in [0.05, 0.1) is 11.7 Å². The standard InChI is InChI=1S/C13H26O2/c1-3-8-12(14)13(15,4-2)11-9-6-5-7-10-11/h11-12,14-15H,3-10H2,1-2H3/t12-,13-/m0/s1. The molecule has 1 fully saturated rings. The molecule has 0 spiro atoms. The molecule has 1 saturated carbocycles. The molecule has 2 N–H and O–H groups in total. The van der Waals surface area contributed by atoms with Crippen molar-refractivity contribution in [2.24, 2.45) is 5.92 Å². The molecule has 0 aliphatic heterocycles. The van der Waals surface area contributed by atoms with Crippen LogP contribution in [0.5, 0.6) is 0 Å². The van der Waals surface area contributed by atoms with Crippen LogP contribution in [0.4, 0.5) is 0 Å². The number of aliphatic hydroxyl groups is 2. The maximum Gasteiger partial charge on any atom is 0.0930 e. The first kappa shape index (κ1) is 13.0. The fourth-order valence-electron chi connectivity index (χ4n) is 2.92. The van der Waals surface area contributed by atoms with Crippen molar-refractivity contribution < 1.29 is 10.2 Å². The predicted octanol–water partition coefficient (Wildman–Crippen LogP) is 2.87. The first-order valence-electron chi connectivity index (χ1n) is 6.55. The SMILES string of the molecule is CCC[C@H](O)[C@](O)(CC)C1CCCCC1. The molecule has 0 radical (unpaired) electrons. The van der Waals surface area contributed by atoms with Crippen molar-refractivity contribution in [3.8, 4) is 0 Å². The molecule has 2 heteroatoms. The van der Waals surface area contributed by atoms with Gasteiger partial charge in [0.15, 0.2) is 0 Å². The molecule has 0 amide bonds. The highest BCUT2D eigenvalue weighted by Crippen LogP contribution is 2.37. The second-order valence-corrected chi connectivity index (χ2v) is 4.98. The van der Waals surface area contributed by atoms with E-state index in [-0.39, 0.29) is 0 Å². The molecule has 2 nitrogen and oxygen atoms in total. The third-order valence-corrected chi connectivity index (χ3v) is 4.02. The monoisotopic (exact) mass is 214 g/mol. The van der Waals surface area contributed by atoms with Gasteiger partial charge in [-0.25, -0.2) is 0 Å². The van der Waals surface area contributed by atoms with Gasteiger partial charge in [0.25, 0.3) is 0 Å². The van der Waals surface area contributed by atoms with Crippen LogP contribution in [-0.2, 0) is 0 Å². The fraction of sp³-hybridized carbons (Fsp3) is 1.00. The van der Waals surface area contributed by atoms with Crippen LogP contribution >= 0.6 is 0 Å². The van der Waals surface area contributed by atoms with E-state index in [1.165, 1.54) is 19.3 Å². The zero-order valence-corrected chi connectivity index (χ0v) is 10.2. The highest BCUT2D eigenvalue weighted by atomic mass is 16.3. The van der Waals surface area contributed by atoms with Gasteiger partial charge in [-0.05, 0) is 31.6 Å². The molecule has 1 rings (SSSR count). The summed E-state index contributed by atoms with van der Waals surface area (Å²) >= 11 is 0. The van der Waals surface area contributed by atoms with Gasteiger partial charge in [0, 0.05) is 0 Å². The molecule has 0 bridgehead atoms. The van der Waals surface area contributed by atoms with Crippen LogP contribution in [0.3, 0.4) is 0 Å². The topological polar surface area (TPSA) is 40.5 Å². The molecule has 0 unspecified atom stereocenters. The summed E-state index contributed by atoms with van der Waals surface area (Å²) in [5.41, 5.74) is -0.823. The summed E-state index contributed by atoms with van der Waals surface area (Å²) < 4.78 is 0. The largest absolute Gasteiger partial charge is 0.390 e. The van der Waals surface area contributed by atoms with E-state index in [1.807, 2.05) is 6.92 Å². The van der Waals surface area contributed by atoms with Gasteiger partial charge in [-0.3, -0.25) is 0 Å².